The molecule has 0 aliphatic heterocycles. The lowest BCUT2D eigenvalue weighted by Crippen LogP contribution is -2.61. The van der Waals surface area contributed by atoms with Gasteiger partial charge in [0.15, 0.2) is 0 Å². The minimum Gasteiger partial charge on any atom is -0.465 e. The van der Waals surface area contributed by atoms with E-state index in [0.717, 1.165) is 0 Å². The van der Waals surface area contributed by atoms with Crippen LogP contribution in [0, 0.1) is 5.41 Å². The zero-order valence-corrected chi connectivity index (χ0v) is 13.1. The molecular weight excluding hydrogens is 329 g/mol. The number of alkyl halides is 3. The van der Waals surface area contributed by atoms with Gasteiger partial charge >= 0.3 is 12.5 Å². The lowest BCUT2D eigenvalue weighted by molar-refractivity contribution is -0.351. The molecule has 4 aliphatic rings. The van der Waals surface area contributed by atoms with Gasteiger partial charge in [-0.3, -0.25) is 9.53 Å². The highest BCUT2D eigenvalue weighted by molar-refractivity contribution is 5.83. The first-order valence-corrected chi connectivity index (χ1v) is 8.18. The summed E-state index contributed by atoms with van der Waals surface area (Å²) in [5.41, 5.74) is -0.923. The highest BCUT2D eigenvalue weighted by atomic mass is 19.4. The van der Waals surface area contributed by atoms with Crippen molar-refractivity contribution in [3.63, 3.8) is 0 Å². The number of carboxylic acid groups (broad SMARTS) is 1. The molecule has 2 amide bonds. The Bertz CT molecular complexity index is 507. The Hall–Kier alpha value is -1.51. The molecule has 0 aromatic heterocycles. The molecule has 2 bridgehead atoms. The molecule has 9 heteroatoms. The minimum atomic E-state index is -4.63. The fraction of sp³-hybridized carbons (Fsp3) is 0.867. The van der Waals surface area contributed by atoms with Gasteiger partial charge in [0.2, 0.25) is 5.91 Å². The molecule has 0 spiro atoms. The van der Waals surface area contributed by atoms with Crippen molar-refractivity contribution in [3.8, 4) is 0 Å². The Balaban J connectivity index is 1.49. The number of carbonyl (C=O) groups excluding carboxylic acids is 1. The normalized spacial score (nSPS) is 38.3. The zero-order valence-electron chi connectivity index (χ0n) is 13.1. The summed E-state index contributed by atoms with van der Waals surface area (Å²) in [6, 6.07) is -0.273. The lowest BCUT2D eigenvalue weighted by atomic mass is 9.56. The van der Waals surface area contributed by atoms with Gasteiger partial charge in [-0.05, 0) is 51.4 Å². The van der Waals surface area contributed by atoms with Crippen LogP contribution >= 0.6 is 0 Å². The fourth-order valence-corrected chi connectivity index (χ4v) is 4.25. The predicted octanol–water partition coefficient (Wildman–Crippen LogP) is 2.53. The quantitative estimate of drug-likeness (QED) is 0.727. The van der Waals surface area contributed by atoms with Gasteiger partial charge in [0.05, 0.1) is 6.10 Å². The monoisotopic (exact) mass is 350 g/mol. The third-order valence-electron chi connectivity index (χ3n) is 5.83. The summed E-state index contributed by atoms with van der Waals surface area (Å²) < 4.78 is 40.2. The average Bonchev–Trinajstić information content (AvgIpc) is 2.44. The molecule has 0 heterocycles. The van der Waals surface area contributed by atoms with Crippen LogP contribution in [0.3, 0.4) is 0 Å². The first-order chi connectivity index (χ1) is 11.1. The van der Waals surface area contributed by atoms with E-state index in [2.05, 4.69) is 15.4 Å². The van der Waals surface area contributed by atoms with Gasteiger partial charge < -0.3 is 15.7 Å². The number of carbonyl (C=O) groups is 2. The molecule has 4 rings (SSSR count). The van der Waals surface area contributed by atoms with Crippen LogP contribution in [0.2, 0.25) is 0 Å². The minimum absolute atomic E-state index is 0.110. The van der Waals surface area contributed by atoms with E-state index in [-0.39, 0.29) is 24.8 Å². The van der Waals surface area contributed by atoms with Crippen LogP contribution in [0.4, 0.5) is 18.0 Å². The number of nitrogens with one attached hydrogen (secondary N) is 2. The van der Waals surface area contributed by atoms with Crippen LogP contribution in [0.1, 0.15) is 51.4 Å². The van der Waals surface area contributed by atoms with E-state index in [1.54, 1.807) is 0 Å². The van der Waals surface area contributed by atoms with Crippen molar-refractivity contribution in [3.05, 3.63) is 0 Å². The fourth-order valence-electron chi connectivity index (χ4n) is 4.25. The van der Waals surface area contributed by atoms with E-state index in [9.17, 15) is 22.8 Å². The second kappa shape index (κ2) is 5.79. The first-order valence-electron chi connectivity index (χ1n) is 8.18. The smallest absolute Gasteiger partial charge is 0.465 e. The second-order valence-corrected chi connectivity index (χ2v) is 7.32. The Morgan fingerprint density at radius 2 is 1.58 bits per heavy atom. The van der Waals surface area contributed by atoms with Crippen molar-refractivity contribution in [2.24, 2.45) is 5.41 Å². The summed E-state index contributed by atoms with van der Waals surface area (Å²) in [6.07, 6.45) is -2.52. The summed E-state index contributed by atoms with van der Waals surface area (Å²) in [7, 11) is 0. The van der Waals surface area contributed by atoms with E-state index >= 15 is 0 Å². The molecule has 136 valence electrons. The van der Waals surface area contributed by atoms with Crippen molar-refractivity contribution in [1.82, 2.24) is 10.6 Å². The van der Waals surface area contributed by atoms with Gasteiger partial charge in [0, 0.05) is 17.0 Å². The van der Waals surface area contributed by atoms with E-state index in [1.807, 2.05) is 0 Å². The second-order valence-electron chi connectivity index (χ2n) is 7.32. The molecule has 0 unspecified atom stereocenters. The molecular formula is C15H21F3N2O4. The Kier molecular flexibility index (Phi) is 4.17. The van der Waals surface area contributed by atoms with E-state index in [1.165, 1.54) is 0 Å². The van der Waals surface area contributed by atoms with Gasteiger partial charge in [0.1, 0.15) is 0 Å². The number of fused-ring (bicyclic) bond motifs is 3. The van der Waals surface area contributed by atoms with Gasteiger partial charge in [-0.1, -0.05) is 0 Å². The van der Waals surface area contributed by atoms with Gasteiger partial charge in [0.25, 0.3) is 0 Å². The number of hydrogen-bond donors (Lipinski definition) is 3. The summed E-state index contributed by atoms with van der Waals surface area (Å²) >= 11 is 0. The summed E-state index contributed by atoms with van der Waals surface area (Å²) in [6.45, 7) is 0. The molecule has 24 heavy (non-hydrogen) atoms. The molecule has 0 aromatic carbocycles. The van der Waals surface area contributed by atoms with Crippen molar-refractivity contribution in [2.75, 3.05) is 0 Å². The standard InChI is InChI=1S/C15H21F3N2O4/c16-15(17,18)24-10-7-9(8-10)19-11(21)13-1-4-14(5-2-13,6-3-13)20-12(22)23/h9-10,20H,1-8H2,(H,19,21)(H,22,23). The van der Waals surface area contributed by atoms with Crippen molar-refractivity contribution in [2.45, 2.75) is 75.4 Å². The lowest BCUT2D eigenvalue weighted by Gasteiger charge is -2.52. The third kappa shape index (κ3) is 3.45. The molecule has 6 nitrogen and oxygen atoms in total. The maximum atomic E-state index is 12.6. The number of rotatable bonds is 4. The number of hydrogen-bond acceptors (Lipinski definition) is 3. The summed E-state index contributed by atoms with van der Waals surface area (Å²) in [5, 5.41) is 14.4. The molecule has 3 N–H and O–H groups in total. The van der Waals surface area contributed by atoms with Crippen molar-refractivity contribution in [1.29, 1.82) is 0 Å². The number of halogens is 3. The maximum absolute atomic E-state index is 12.6. The SMILES string of the molecule is O=C(O)NC12CCC(C(=O)NC3CC(OC(F)(F)F)C3)(CC1)CC2. The van der Waals surface area contributed by atoms with Gasteiger partial charge in [-0.2, -0.15) is 0 Å². The van der Waals surface area contributed by atoms with Crippen molar-refractivity contribution >= 4 is 12.0 Å². The molecule has 0 saturated heterocycles. The number of ether oxygens (including phenoxy) is 1. The first kappa shape index (κ1) is 17.3. The van der Waals surface area contributed by atoms with Gasteiger partial charge in [-0.25, -0.2) is 4.79 Å². The van der Waals surface area contributed by atoms with E-state index < -0.39 is 29.5 Å². The third-order valence-corrected chi connectivity index (χ3v) is 5.83. The van der Waals surface area contributed by atoms with E-state index in [0.29, 0.717) is 38.5 Å². The van der Waals surface area contributed by atoms with Crippen LogP contribution in [-0.4, -0.2) is 41.2 Å². The molecule has 0 aromatic rings. The highest BCUT2D eigenvalue weighted by Crippen LogP contribution is 2.52. The number of amides is 2. The van der Waals surface area contributed by atoms with Gasteiger partial charge in [-0.15, -0.1) is 13.2 Å². The topological polar surface area (TPSA) is 87.7 Å². The average molecular weight is 350 g/mol. The van der Waals surface area contributed by atoms with Crippen molar-refractivity contribution < 1.29 is 32.6 Å². The summed E-state index contributed by atoms with van der Waals surface area (Å²) in [5.74, 6) is -0.110. The maximum Gasteiger partial charge on any atom is 0.522 e. The zero-order chi connectivity index (χ0) is 17.6. The van der Waals surface area contributed by atoms with Crippen LogP contribution in [0.15, 0.2) is 0 Å². The highest BCUT2D eigenvalue weighted by Gasteiger charge is 2.53. The van der Waals surface area contributed by atoms with Crippen LogP contribution in [0.5, 0.6) is 0 Å². The molecule has 0 atom stereocenters. The molecule has 4 fully saturated rings. The van der Waals surface area contributed by atoms with Crippen LogP contribution < -0.4 is 10.6 Å². The Morgan fingerprint density at radius 3 is 2.04 bits per heavy atom. The largest absolute Gasteiger partial charge is 0.522 e. The van der Waals surface area contributed by atoms with E-state index in [4.69, 9.17) is 5.11 Å². The molecule has 0 radical (unpaired) electrons. The molecule has 4 aliphatic carbocycles. The Labute approximate surface area is 137 Å². The predicted molar refractivity (Wildman–Crippen MR) is 76.1 cm³/mol. The Morgan fingerprint density at radius 1 is 1.04 bits per heavy atom. The van der Waals surface area contributed by atoms with Crippen LogP contribution in [0.25, 0.3) is 0 Å². The summed E-state index contributed by atoms with van der Waals surface area (Å²) in [4.78, 5) is 23.5. The molecule has 4 saturated carbocycles. The van der Waals surface area contributed by atoms with Crippen LogP contribution in [-0.2, 0) is 9.53 Å².